The smallest absolute Gasteiger partial charge is 0.0786 e. The molecule has 2 aliphatic heterocycles. The van der Waals surface area contributed by atoms with Gasteiger partial charge in [-0.2, -0.15) is 0 Å². The van der Waals surface area contributed by atoms with Crippen molar-refractivity contribution in [1.29, 1.82) is 0 Å². The molecule has 0 bridgehead atoms. The minimum Gasteiger partial charge on any atom is -1.00 e. The van der Waals surface area contributed by atoms with Gasteiger partial charge in [-0.1, -0.05) is 0 Å². The first-order valence-electron chi connectivity index (χ1n) is 8.29. The SMILES string of the molecule is C[N+]1(CCCCCC[N+]2(C)CCCC2)CCCC1.[I-].[I-]. The minimum absolute atomic E-state index is 0. The lowest BCUT2D eigenvalue weighted by molar-refractivity contribution is -0.898. The second kappa shape index (κ2) is 10.2. The quantitative estimate of drug-likeness (QED) is 0.196. The van der Waals surface area contributed by atoms with Gasteiger partial charge in [-0.25, -0.2) is 0 Å². The topological polar surface area (TPSA) is 0 Å². The molecule has 0 aromatic rings. The highest BCUT2D eigenvalue weighted by Crippen LogP contribution is 2.19. The van der Waals surface area contributed by atoms with Crippen LogP contribution in [-0.4, -0.2) is 62.3 Å². The molecule has 0 amide bonds. The van der Waals surface area contributed by atoms with E-state index in [1.807, 2.05) is 0 Å². The zero-order valence-corrected chi connectivity index (χ0v) is 17.9. The van der Waals surface area contributed by atoms with Crippen LogP contribution in [0.3, 0.4) is 0 Å². The van der Waals surface area contributed by atoms with Gasteiger partial charge in [0.15, 0.2) is 0 Å². The summed E-state index contributed by atoms with van der Waals surface area (Å²) >= 11 is 0. The van der Waals surface area contributed by atoms with Crippen LogP contribution in [0, 0.1) is 0 Å². The van der Waals surface area contributed by atoms with Crippen molar-refractivity contribution in [3.8, 4) is 0 Å². The van der Waals surface area contributed by atoms with Crippen molar-refractivity contribution in [3.05, 3.63) is 0 Å². The molecule has 2 saturated heterocycles. The predicted molar refractivity (Wildman–Crippen MR) is 78.5 cm³/mol. The van der Waals surface area contributed by atoms with Gasteiger partial charge in [-0.15, -0.1) is 0 Å². The Labute approximate surface area is 160 Å². The van der Waals surface area contributed by atoms with Crippen LogP contribution < -0.4 is 48.0 Å². The summed E-state index contributed by atoms with van der Waals surface area (Å²) in [7, 11) is 4.92. The van der Waals surface area contributed by atoms with Gasteiger partial charge in [0.05, 0.1) is 53.4 Å². The number of hydrogen-bond acceptors (Lipinski definition) is 0. The molecule has 0 aromatic carbocycles. The van der Waals surface area contributed by atoms with Crippen molar-refractivity contribution >= 4 is 0 Å². The Balaban J connectivity index is 0.00000180. The van der Waals surface area contributed by atoms with E-state index >= 15 is 0 Å². The van der Waals surface area contributed by atoms with Crippen LogP contribution in [0.5, 0.6) is 0 Å². The van der Waals surface area contributed by atoms with Crippen LogP contribution in [0.4, 0.5) is 0 Å². The maximum atomic E-state index is 2.46. The number of rotatable bonds is 7. The molecule has 2 heterocycles. The summed E-state index contributed by atoms with van der Waals surface area (Å²) < 4.78 is 2.74. The van der Waals surface area contributed by atoms with Gasteiger partial charge in [0.1, 0.15) is 0 Å². The first-order valence-corrected chi connectivity index (χ1v) is 8.29. The Hall–Kier alpha value is 1.38. The lowest BCUT2D eigenvalue weighted by Gasteiger charge is -2.30. The van der Waals surface area contributed by atoms with Crippen LogP contribution >= 0.6 is 0 Å². The van der Waals surface area contributed by atoms with Gasteiger partial charge in [0.25, 0.3) is 0 Å². The molecule has 4 heteroatoms. The zero-order valence-electron chi connectivity index (χ0n) is 13.5. The molecular weight excluding hydrogens is 474 g/mol. The van der Waals surface area contributed by atoms with E-state index in [-0.39, 0.29) is 48.0 Å². The summed E-state index contributed by atoms with van der Waals surface area (Å²) in [6.45, 7) is 8.63. The average Bonchev–Trinajstić information content (AvgIpc) is 2.94. The fraction of sp³-hybridized carbons (Fsp3) is 1.00. The van der Waals surface area contributed by atoms with E-state index in [1.54, 1.807) is 0 Å². The first-order chi connectivity index (χ1) is 8.62. The maximum Gasteiger partial charge on any atom is 0.0786 e. The largest absolute Gasteiger partial charge is 1.00 e. The number of quaternary nitrogens is 2. The summed E-state index contributed by atoms with van der Waals surface area (Å²) in [5.41, 5.74) is 0. The predicted octanol–water partition coefficient (Wildman–Crippen LogP) is -2.96. The normalized spacial score (nSPS) is 23.1. The maximum absolute atomic E-state index is 2.46. The van der Waals surface area contributed by atoms with Gasteiger partial charge in [0, 0.05) is 25.7 Å². The fourth-order valence-electron chi connectivity index (χ4n) is 3.99. The monoisotopic (exact) mass is 508 g/mol. The molecule has 0 aliphatic carbocycles. The van der Waals surface area contributed by atoms with Crippen LogP contribution in [0.2, 0.25) is 0 Å². The van der Waals surface area contributed by atoms with Crippen molar-refractivity contribution < 1.29 is 56.9 Å². The Kier molecular flexibility index (Phi) is 10.9. The van der Waals surface area contributed by atoms with Crippen LogP contribution in [0.25, 0.3) is 0 Å². The fourth-order valence-corrected chi connectivity index (χ4v) is 3.99. The molecule has 0 radical (unpaired) electrons. The van der Waals surface area contributed by atoms with E-state index in [4.69, 9.17) is 0 Å². The third-order valence-electron chi connectivity index (χ3n) is 5.44. The van der Waals surface area contributed by atoms with Crippen molar-refractivity contribution in [2.45, 2.75) is 51.4 Å². The molecule has 0 spiro atoms. The van der Waals surface area contributed by atoms with Crippen LogP contribution in [0.1, 0.15) is 51.4 Å². The summed E-state index contributed by atoms with van der Waals surface area (Å²) in [5, 5.41) is 0. The molecule has 2 rings (SSSR count). The molecule has 0 unspecified atom stereocenters. The van der Waals surface area contributed by atoms with Crippen molar-refractivity contribution in [2.24, 2.45) is 0 Å². The Morgan fingerprint density at radius 3 is 1.15 bits per heavy atom. The molecule has 0 saturated carbocycles. The molecule has 122 valence electrons. The molecule has 20 heavy (non-hydrogen) atoms. The van der Waals surface area contributed by atoms with E-state index in [1.165, 1.54) is 99.6 Å². The highest BCUT2D eigenvalue weighted by molar-refractivity contribution is 4.54. The van der Waals surface area contributed by atoms with Crippen molar-refractivity contribution in [1.82, 2.24) is 0 Å². The van der Waals surface area contributed by atoms with E-state index in [0.717, 1.165) is 0 Å². The number of hydrogen-bond donors (Lipinski definition) is 0. The van der Waals surface area contributed by atoms with E-state index in [9.17, 15) is 0 Å². The summed E-state index contributed by atoms with van der Waals surface area (Å²) in [6, 6.07) is 0. The third kappa shape index (κ3) is 7.09. The average molecular weight is 508 g/mol. The van der Waals surface area contributed by atoms with Crippen molar-refractivity contribution in [3.63, 3.8) is 0 Å². The third-order valence-corrected chi connectivity index (χ3v) is 5.44. The highest BCUT2D eigenvalue weighted by Gasteiger charge is 2.27. The van der Waals surface area contributed by atoms with Gasteiger partial charge < -0.3 is 56.9 Å². The molecule has 0 N–H and O–H groups in total. The lowest BCUT2D eigenvalue weighted by atomic mass is 10.1. The summed E-state index contributed by atoms with van der Waals surface area (Å²) in [5.74, 6) is 0. The van der Waals surface area contributed by atoms with Gasteiger partial charge in [-0.3, -0.25) is 0 Å². The van der Waals surface area contributed by atoms with E-state index in [0.29, 0.717) is 0 Å². The second-order valence-corrected chi connectivity index (χ2v) is 7.41. The number of likely N-dealkylation sites (tertiary alicyclic amines) is 2. The first kappa shape index (κ1) is 21.4. The molecule has 0 aromatic heterocycles. The second-order valence-electron chi connectivity index (χ2n) is 7.41. The van der Waals surface area contributed by atoms with E-state index < -0.39 is 0 Å². The van der Waals surface area contributed by atoms with E-state index in [2.05, 4.69) is 14.1 Å². The lowest BCUT2D eigenvalue weighted by Crippen LogP contribution is -3.00. The summed E-state index contributed by atoms with van der Waals surface area (Å²) in [6.07, 6.45) is 11.7. The zero-order chi connectivity index (χ0) is 12.9. The molecular formula is C16H34I2N2. The van der Waals surface area contributed by atoms with Gasteiger partial charge in [0.2, 0.25) is 0 Å². The summed E-state index contributed by atoms with van der Waals surface area (Å²) in [4.78, 5) is 0. The van der Waals surface area contributed by atoms with Crippen LogP contribution in [0.15, 0.2) is 0 Å². The standard InChI is InChI=1S/C16H34N2.2HI/c1-17(13-7-8-14-17)11-5-3-4-6-12-18(2)15-9-10-16-18;;/h3-16H2,1-2H3;2*1H/q+2;;/p-2. The molecule has 0 atom stereocenters. The Morgan fingerprint density at radius 2 is 0.850 bits per heavy atom. The number of nitrogens with zero attached hydrogens (tertiary/aromatic N) is 2. The van der Waals surface area contributed by atoms with Gasteiger partial charge in [-0.05, 0) is 25.7 Å². The minimum atomic E-state index is 0. The Bertz CT molecular complexity index is 221. The molecule has 2 nitrogen and oxygen atoms in total. The Morgan fingerprint density at radius 1 is 0.550 bits per heavy atom. The number of unbranched alkanes of at least 4 members (excludes halogenated alkanes) is 3. The van der Waals surface area contributed by atoms with Crippen molar-refractivity contribution in [2.75, 3.05) is 53.4 Å². The highest BCUT2D eigenvalue weighted by atomic mass is 127. The number of halogens is 2. The molecule has 2 aliphatic rings. The van der Waals surface area contributed by atoms with Gasteiger partial charge >= 0.3 is 0 Å². The van der Waals surface area contributed by atoms with Crippen LogP contribution in [-0.2, 0) is 0 Å². The molecule has 2 fully saturated rings.